The molecule has 0 saturated heterocycles. The van der Waals surface area contributed by atoms with Crippen molar-refractivity contribution in [3.8, 4) is 22.5 Å². The molecule has 8 rings (SSSR count). The van der Waals surface area contributed by atoms with Gasteiger partial charge in [0, 0.05) is 40.1 Å². The lowest BCUT2D eigenvalue weighted by Crippen LogP contribution is -1.94. The van der Waals surface area contributed by atoms with Crippen molar-refractivity contribution in [3.63, 3.8) is 0 Å². The van der Waals surface area contributed by atoms with Gasteiger partial charge in [-0.1, -0.05) is 36.4 Å². The van der Waals surface area contributed by atoms with Gasteiger partial charge in [-0.2, -0.15) is 0 Å². The number of hydrogen-bond acceptors (Lipinski definition) is 0. The summed E-state index contributed by atoms with van der Waals surface area (Å²) in [7, 11) is 0. The minimum absolute atomic E-state index is 1.20. The lowest BCUT2D eigenvalue weighted by Gasteiger charge is -2.10. The number of fused-ring (bicyclic) bond motifs is 6. The topological polar surface area (TPSA) is 9.86 Å². The summed E-state index contributed by atoms with van der Waals surface area (Å²) in [6, 6.07) is 45.0. The largest absolute Gasteiger partial charge is 0.309 e. The van der Waals surface area contributed by atoms with E-state index >= 15 is 0 Å². The minimum atomic E-state index is 1.20. The summed E-state index contributed by atoms with van der Waals surface area (Å²) in [5.41, 5.74) is 12.3. The van der Waals surface area contributed by atoms with E-state index in [4.69, 9.17) is 0 Å². The number of halogens is 2. The molecule has 0 unspecified atom stereocenters. The van der Waals surface area contributed by atoms with Crippen molar-refractivity contribution in [2.24, 2.45) is 0 Å². The number of benzene rings is 6. The van der Waals surface area contributed by atoms with E-state index in [9.17, 15) is 0 Å². The van der Waals surface area contributed by atoms with E-state index < -0.39 is 0 Å². The highest BCUT2D eigenvalue weighted by molar-refractivity contribution is 14.1. The highest BCUT2D eigenvalue weighted by atomic mass is 127. The molecule has 0 radical (unpaired) electrons. The quantitative estimate of drug-likeness (QED) is 0.159. The molecule has 2 nitrogen and oxygen atoms in total. The van der Waals surface area contributed by atoms with Gasteiger partial charge in [0.05, 0.1) is 22.1 Å². The van der Waals surface area contributed by atoms with Crippen LogP contribution in [0.15, 0.2) is 121 Å². The van der Waals surface area contributed by atoms with Gasteiger partial charge < -0.3 is 9.13 Å². The first-order chi connectivity index (χ1) is 20.4. The Balaban J connectivity index is 1.37. The molecular weight excluding hydrogens is 738 g/mol. The standard InChI is InChI=1S/C38H26I2N2/c1-23-5-3-7-29(17-23)41-35-13-9-25(19-31(35)33-21-27(39)11-15-37(33)41)26-10-14-36-32(20-26)34-22-28(40)12-16-38(34)42(36)30-8-4-6-24(2)18-30/h3-22H,1-2H3. The van der Waals surface area contributed by atoms with Crippen molar-refractivity contribution in [1.82, 2.24) is 9.13 Å². The van der Waals surface area contributed by atoms with Crippen LogP contribution in [0.2, 0.25) is 0 Å². The van der Waals surface area contributed by atoms with Gasteiger partial charge in [0.1, 0.15) is 0 Å². The normalized spacial score (nSPS) is 11.8. The Hall–Kier alpha value is -3.62. The van der Waals surface area contributed by atoms with E-state index in [-0.39, 0.29) is 0 Å². The maximum Gasteiger partial charge on any atom is 0.0541 e. The molecule has 0 amide bonds. The van der Waals surface area contributed by atoms with Crippen LogP contribution in [-0.2, 0) is 0 Å². The van der Waals surface area contributed by atoms with Crippen molar-refractivity contribution in [1.29, 1.82) is 0 Å². The minimum Gasteiger partial charge on any atom is -0.309 e. The zero-order valence-corrected chi connectivity index (χ0v) is 27.5. The molecule has 0 aliphatic heterocycles. The van der Waals surface area contributed by atoms with Crippen LogP contribution in [0.5, 0.6) is 0 Å². The van der Waals surface area contributed by atoms with Crippen LogP contribution in [-0.4, -0.2) is 9.13 Å². The molecule has 0 bridgehead atoms. The maximum atomic E-state index is 2.43. The molecule has 8 aromatic rings. The molecule has 0 aliphatic rings. The smallest absolute Gasteiger partial charge is 0.0541 e. The van der Waals surface area contributed by atoms with Gasteiger partial charge in [-0.25, -0.2) is 0 Å². The Bertz CT molecular complexity index is 2190. The predicted molar refractivity (Wildman–Crippen MR) is 195 cm³/mol. The number of hydrogen-bond donors (Lipinski definition) is 0. The summed E-state index contributed by atoms with van der Waals surface area (Å²) in [6.07, 6.45) is 0. The van der Waals surface area contributed by atoms with Crippen molar-refractivity contribution < 1.29 is 0 Å². The van der Waals surface area contributed by atoms with Gasteiger partial charge in [0.25, 0.3) is 0 Å². The monoisotopic (exact) mass is 764 g/mol. The Morgan fingerprint density at radius 1 is 0.405 bits per heavy atom. The van der Waals surface area contributed by atoms with Crippen LogP contribution in [0, 0.1) is 21.0 Å². The average molecular weight is 764 g/mol. The fourth-order valence-electron chi connectivity index (χ4n) is 6.44. The van der Waals surface area contributed by atoms with E-state index in [0.29, 0.717) is 0 Å². The molecule has 4 heteroatoms. The van der Waals surface area contributed by atoms with Gasteiger partial charge in [0.15, 0.2) is 0 Å². The van der Waals surface area contributed by atoms with Gasteiger partial charge >= 0.3 is 0 Å². The number of aryl methyl sites for hydroxylation is 2. The van der Waals surface area contributed by atoms with E-state index in [1.165, 1.54) is 84.4 Å². The Morgan fingerprint density at radius 2 is 0.786 bits per heavy atom. The average Bonchev–Trinajstić information content (AvgIpc) is 3.48. The Morgan fingerprint density at radius 3 is 1.19 bits per heavy atom. The summed E-state index contributed by atoms with van der Waals surface area (Å²) in [4.78, 5) is 0. The number of nitrogens with zero attached hydrogens (tertiary/aromatic N) is 2. The zero-order valence-electron chi connectivity index (χ0n) is 23.2. The molecule has 0 atom stereocenters. The molecule has 42 heavy (non-hydrogen) atoms. The Labute approximate surface area is 271 Å². The van der Waals surface area contributed by atoms with E-state index in [2.05, 4.69) is 189 Å². The summed E-state index contributed by atoms with van der Waals surface area (Å²) in [5.74, 6) is 0. The lowest BCUT2D eigenvalue weighted by molar-refractivity contribution is 1.17. The van der Waals surface area contributed by atoms with Crippen LogP contribution in [0.3, 0.4) is 0 Å². The van der Waals surface area contributed by atoms with Gasteiger partial charge in [-0.3, -0.25) is 0 Å². The van der Waals surface area contributed by atoms with Crippen LogP contribution in [0.4, 0.5) is 0 Å². The predicted octanol–water partition coefficient (Wildman–Crippen LogP) is 11.4. The number of rotatable bonds is 3. The highest BCUT2D eigenvalue weighted by Crippen LogP contribution is 2.39. The first-order valence-corrected chi connectivity index (χ1v) is 16.2. The van der Waals surface area contributed by atoms with E-state index in [1.807, 2.05) is 0 Å². The third-order valence-corrected chi connectivity index (χ3v) is 9.65. The fraction of sp³-hybridized carbons (Fsp3) is 0.0526. The lowest BCUT2D eigenvalue weighted by atomic mass is 10.0. The van der Waals surface area contributed by atoms with Crippen LogP contribution < -0.4 is 0 Å². The summed E-state index contributed by atoms with van der Waals surface area (Å²) in [6.45, 7) is 4.32. The van der Waals surface area contributed by atoms with Crippen LogP contribution >= 0.6 is 45.2 Å². The Kier molecular flexibility index (Phi) is 6.19. The fourth-order valence-corrected chi connectivity index (χ4v) is 7.42. The third kappa shape index (κ3) is 4.18. The summed E-state index contributed by atoms with van der Waals surface area (Å²) < 4.78 is 7.29. The first-order valence-electron chi connectivity index (χ1n) is 14.1. The highest BCUT2D eigenvalue weighted by Gasteiger charge is 2.17. The van der Waals surface area contributed by atoms with E-state index in [0.717, 1.165) is 0 Å². The SMILES string of the molecule is Cc1cccc(-n2c3ccc(I)cc3c3cc(-c4ccc5c(c4)c4cc(I)ccc4n5-c4cccc(C)c4)ccc32)c1. The van der Waals surface area contributed by atoms with Crippen molar-refractivity contribution in [2.75, 3.05) is 0 Å². The second kappa shape index (κ2) is 9.99. The second-order valence-electron chi connectivity index (χ2n) is 11.1. The maximum absolute atomic E-state index is 2.43. The molecule has 6 aromatic carbocycles. The van der Waals surface area contributed by atoms with Crippen LogP contribution in [0.25, 0.3) is 66.1 Å². The van der Waals surface area contributed by atoms with Crippen molar-refractivity contribution in [3.05, 3.63) is 140 Å². The molecule has 0 aliphatic carbocycles. The molecule has 0 fully saturated rings. The first kappa shape index (κ1) is 26.0. The summed E-state index contributed by atoms with van der Waals surface area (Å²) in [5, 5.41) is 5.12. The van der Waals surface area contributed by atoms with Gasteiger partial charge in [-0.05, 0) is 166 Å². The zero-order chi connectivity index (χ0) is 28.5. The van der Waals surface area contributed by atoms with Gasteiger partial charge in [0.2, 0.25) is 0 Å². The van der Waals surface area contributed by atoms with Crippen molar-refractivity contribution >= 4 is 88.8 Å². The molecule has 202 valence electrons. The van der Waals surface area contributed by atoms with Gasteiger partial charge in [-0.15, -0.1) is 0 Å². The molecule has 0 N–H and O–H groups in total. The van der Waals surface area contributed by atoms with Crippen LogP contribution in [0.1, 0.15) is 11.1 Å². The number of aromatic nitrogens is 2. The molecule has 2 heterocycles. The summed E-state index contributed by atoms with van der Waals surface area (Å²) >= 11 is 4.85. The third-order valence-electron chi connectivity index (χ3n) is 8.31. The molecule has 0 saturated carbocycles. The van der Waals surface area contributed by atoms with E-state index in [1.54, 1.807) is 0 Å². The molecular formula is C38H26I2N2. The van der Waals surface area contributed by atoms with Crippen molar-refractivity contribution in [2.45, 2.75) is 13.8 Å². The second-order valence-corrected chi connectivity index (χ2v) is 13.6. The molecule has 0 spiro atoms. The molecule has 2 aromatic heterocycles.